The van der Waals surface area contributed by atoms with Crippen LogP contribution >= 0.6 is 0 Å². The van der Waals surface area contributed by atoms with Gasteiger partial charge in [0.15, 0.2) is 0 Å². The SMILES string of the molecule is [CH2]CCCCN(C)C. The Balaban J connectivity index is 2.72. The molecule has 0 aromatic rings. The van der Waals surface area contributed by atoms with Gasteiger partial charge in [0.2, 0.25) is 0 Å². The summed E-state index contributed by atoms with van der Waals surface area (Å²) in [5.74, 6) is 0. The molecule has 0 rings (SSSR count). The van der Waals surface area contributed by atoms with E-state index in [0.717, 1.165) is 6.42 Å². The highest BCUT2D eigenvalue weighted by atomic mass is 15.0. The van der Waals surface area contributed by atoms with Gasteiger partial charge in [-0.15, -0.1) is 0 Å². The molecule has 0 N–H and O–H groups in total. The van der Waals surface area contributed by atoms with E-state index in [2.05, 4.69) is 25.9 Å². The van der Waals surface area contributed by atoms with E-state index in [1.54, 1.807) is 0 Å². The Morgan fingerprint density at radius 1 is 1.25 bits per heavy atom. The largest absolute Gasteiger partial charge is 0.309 e. The van der Waals surface area contributed by atoms with Crippen LogP contribution in [0.5, 0.6) is 0 Å². The minimum absolute atomic E-state index is 1.08. The monoisotopic (exact) mass is 114 g/mol. The van der Waals surface area contributed by atoms with Gasteiger partial charge in [-0.2, -0.15) is 0 Å². The molecule has 1 radical (unpaired) electrons. The van der Waals surface area contributed by atoms with E-state index >= 15 is 0 Å². The highest BCUT2D eigenvalue weighted by Crippen LogP contribution is 1.92. The summed E-state index contributed by atoms with van der Waals surface area (Å²) in [6.45, 7) is 4.97. The van der Waals surface area contributed by atoms with Crippen molar-refractivity contribution in [2.75, 3.05) is 20.6 Å². The fourth-order valence-corrected chi connectivity index (χ4v) is 0.605. The topological polar surface area (TPSA) is 3.24 Å². The zero-order valence-electron chi connectivity index (χ0n) is 5.98. The fraction of sp³-hybridized carbons (Fsp3) is 0.857. The van der Waals surface area contributed by atoms with Gasteiger partial charge in [-0.3, -0.25) is 0 Å². The van der Waals surface area contributed by atoms with Gasteiger partial charge >= 0.3 is 0 Å². The van der Waals surface area contributed by atoms with Gasteiger partial charge in [0, 0.05) is 0 Å². The molecule has 0 aromatic carbocycles. The van der Waals surface area contributed by atoms with Crippen molar-refractivity contribution in [1.82, 2.24) is 4.90 Å². The van der Waals surface area contributed by atoms with Crippen molar-refractivity contribution in [2.24, 2.45) is 0 Å². The van der Waals surface area contributed by atoms with Crippen LogP contribution < -0.4 is 0 Å². The van der Waals surface area contributed by atoms with Crippen LogP contribution in [0.2, 0.25) is 0 Å². The maximum Gasteiger partial charge on any atom is -0.00248 e. The van der Waals surface area contributed by atoms with Crippen molar-refractivity contribution in [3.63, 3.8) is 0 Å². The van der Waals surface area contributed by atoms with E-state index in [9.17, 15) is 0 Å². The van der Waals surface area contributed by atoms with Crippen LogP contribution in [0.3, 0.4) is 0 Å². The quantitative estimate of drug-likeness (QED) is 0.501. The highest BCUT2D eigenvalue weighted by molar-refractivity contribution is 4.46. The molecular weight excluding hydrogens is 98.1 g/mol. The molecule has 0 amide bonds. The molecule has 0 spiro atoms. The maximum atomic E-state index is 3.76. The molecule has 0 saturated heterocycles. The Morgan fingerprint density at radius 2 is 1.88 bits per heavy atom. The number of hydrogen-bond acceptors (Lipinski definition) is 1. The molecule has 0 unspecified atom stereocenters. The maximum absolute atomic E-state index is 3.76. The van der Waals surface area contributed by atoms with Crippen molar-refractivity contribution < 1.29 is 0 Å². The first kappa shape index (κ1) is 7.96. The lowest BCUT2D eigenvalue weighted by Crippen LogP contribution is -2.12. The highest BCUT2D eigenvalue weighted by Gasteiger charge is 1.86. The molecule has 0 fully saturated rings. The summed E-state index contributed by atoms with van der Waals surface area (Å²) >= 11 is 0. The zero-order valence-corrected chi connectivity index (χ0v) is 5.98. The summed E-state index contributed by atoms with van der Waals surface area (Å²) < 4.78 is 0. The van der Waals surface area contributed by atoms with Gasteiger partial charge in [0.05, 0.1) is 0 Å². The average molecular weight is 114 g/mol. The third-order valence-corrected chi connectivity index (χ3v) is 1.11. The van der Waals surface area contributed by atoms with E-state index in [4.69, 9.17) is 0 Å². The molecule has 0 saturated carbocycles. The lowest BCUT2D eigenvalue weighted by molar-refractivity contribution is 0.395. The molecule has 1 nitrogen and oxygen atoms in total. The Hall–Kier alpha value is -0.0400. The number of hydrogen-bond donors (Lipinski definition) is 0. The Bertz CT molecular complexity index is 41.7. The molecule has 49 valence electrons. The number of unbranched alkanes of at least 4 members (excludes halogenated alkanes) is 2. The summed E-state index contributed by atoms with van der Waals surface area (Å²) in [6, 6.07) is 0. The third-order valence-electron chi connectivity index (χ3n) is 1.11. The first-order chi connectivity index (χ1) is 3.77. The third kappa shape index (κ3) is 5.96. The van der Waals surface area contributed by atoms with E-state index in [1.165, 1.54) is 19.4 Å². The molecule has 0 heterocycles. The minimum atomic E-state index is 1.08. The molecule has 0 aliphatic rings. The summed E-state index contributed by atoms with van der Waals surface area (Å²) in [4.78, 5) is 2.20. The second kappa shape index (κ2) is 5.10. The van der Waals surface area contributed by atoms with Gasteiger partial charge in [-0.1, -0.05) is 19.8 Å². The Kier molecular flexibility index (Phi) is 5.08. The van der Waals surface area contributed by atoms with Crippen LogP contribution in [-0.4, -0.2) is 25.5 Å². The van der Waals surface area contributed by atoms with Gasteiger partial charge in [0.1, 0.15) is 0 Å². The van der Waals surface area contributed by atoms with Crippen LogP contribution in [0.1, 0.15) is 19.3 Å². The van der Waals surface area contributed by atoms with Crippen LogP contribution in [0.15, 0.2) is 0 Å². The lowest BCUT2D eigenvalue weighted by Gasteiger charge is -2.06. The fourth-order valence-electron chi connectivity index (χ4n) is 0.605. The normalized spacial score (nSPS) is 10.5. The molecule has 0 aromatic heterocycles. The first-order valence-corrected chi connectivity index (χ1v) is 3.21. The van der Waals surface area contributed by atoms with E-state index < -0.39 is 0 Å². The molecule has 1 heteroatoms. The van der Waals surface area contributed by atoms with Crippen LogP contribution in [-0.2, 0) is 0 Å². The van der Waals surface area contributed by atoms with E-state index in [-0.39, 0.29) is 0 Å². The lowest BCUT2D eigenvalue weighted by atomic mass is 10.2. The van der Waals surface area contributed by atoms with Crippen molar-refractivity contribution in [3.8, 4) is 0 Å². The summed E-state index contributed by atoms with van der Waals surface area (Å²) in [7, 11) is 4.20. The van der Waals surface area contributed by atoms with Crippen LogP contribution in [0.4, 0.5) is 0 Å². The Morgan fingerprint density at radius 3 is 2.25 bits per heavy atom. The van der Waals surface area contributed by atoms with Crippen molar-refractivity contribution in [3.05, 3.63) is 6.92 Å². The Labute approximate surface area is 52.7 Å². The zero-order chi connectivity index (χ0) is 6.41. The first-order valence-electron chi connectivity index (χ1n) is 3.21. The standard InChI is InChI=1S/C7H16N/c1-4-5-6-7-8(2)3/h1,4-7H2,2-3H3. The predicted molar refractivity (Wildman–Crippen MR) is 37.8 cm³/mol. The van der Waals surface area contributed by atoms with Gasteiger partial charge in [-0.05, 0) is 27.1 Å². The minimum Gasteiger partial charge on any atom is -0.309 e. The van der Waals surface area contributed by atoms with Gasteiger partial charge in [0.25, 0.3) is 0 Å². The van der Waals surface area contributed by atoms with Crippen LogP contribution in [0, 0.1) is 6.92 Å². The molecule has 0 bridgehead atoms. The van der Waals surface area contributed by atoms with Crippen LogP contribution in [0.25, 0.3) is 0 Å². The molecule has 0 atom stereocenters. The van der Waals surface area contributed by atoms with Gasteiger partial charge in [-0.25, -0.2) is 0 Å². The van der Waals surface area contributed by atoms with Crippen molar-refractivity contribution in [2.45, 2.75) is 19.3 Å². The van der Waals surface area contributed by atoms with E-state index in [1.807, 2.05) is 0 Å². The smallest absolute Gasteiger partial charge is 0.00248 e. The molecule has 0 aliphatic heterocycles. The predicted octanol–water partition coefficient (Wildman–Crippen LogP) is 1.55. The average Bonchev–Trinajstić information content (AvgIpc) is 1.66. The number of rotatable bonds is 4. The van der Waals surface area contributed by atoms with Crippen molar-refractivity contribution in [1.29, 1.82) is 0 Å². The van der Waals surface area contributed by atoms with Crippen molar-refractivity contribution >= 4 is 0 Å². The molecule has 0 aliphatic carbocycles. The molecule has 8 heavy (non-hydrogen) atoms. The number of nitrogens with zero attached hydrogens (tertiary/aromatic N) is 1. The van der Waals surface area contributed by atoms with E-state index in [0.29, 0.717) is 0 Å². The van der Waals surface area contributed by atoms with Gasteiger partial charge < -0.3 is 4.90 Å². The molecular formula is C7H16N. The summed E-state index contributed by atoms with van der Waals surface area (Å²) in [6.07, 6.45) is 3.63. The summed E-state index contributed by atoms with van der Waals surface area (Å²) in [5.41, 5.74) is 0. The second-order valence-corrected chi connectivity index (χ2v) is 2.36. The summed E-state index contributed by atoms with van der Waals surface area (Å²) in [5, 5.41) is 0. The second-order valence-electron chi connectivity index (χ2n) is 2.36.